The van der Waals surface area contributed by atoms with Crippen LogP contribution in [-0.4, -0.2) is 15.6 Å². The summed E-state index contributed by atoms with van der Waals surface area (Å²) in [4.78, 5) is 13.1. The highest BCUT2D eigenvalue weighted by atomic mass is 16.5. The van der Waals surface area contributed by atoms with Gasteiger partial charge in [0.2, 0.25) is 0 Å². The van der Waals surface area contributed by atoms with E-state index in [0.29, 0.717) is 17.0 Å². The Morgan fingerprint density at radius 1 is 1.06 bits per heavy atom. The highest BCUT2D eigenvalue weighted by molar-refractivity contribution is 6.11. The van der Waals surface area contributed by atoms with Gasteiger partial charge in [-0.1, -0.05) is 35.0 Å². The summed E-state index contributed by atoms with van der Waals surface area (Å²) >= 11 is 0. The third kappa shape index (κ3) is 2.73. The maximum Gasteiger partial charge on any atom is 0.278 e. The SMILES string of the molecule is CCn1c2ccccc2c2cc(NC(=O)c3noc4c3COc3ccc(C)cc3-4)ccc21. The minimum atomic E-state index is -0.312. The summed E-state index contributed by atoms with van der Waals surface area (Å²) in [6, 6.07) is 20.2. The smallest absolute Gasteiger partial charge is 0.278 e. The molecule has 6 heteroatoms. The summed E-state index contributed by atoms with van der Waals surface area (Å²) in [7, 11) is 0. The van der Waals surface area contributed by atoms with Crippen molar-refractivity contribution in [1.29, 1.82) is 0 Å². The average Bonchev–Trinajstić information content (AvgIpc) is 3.38. The van der Waals surface area contributed by atoms with E-state index >= 15 is 0 Å². The molecule has 0 aliphatic carbocycles. The van der Waals surface area contributed by atoms with Crippen LogP contribution in [0.2, 0.25) is 0 Å². The van der Waals surface area contributed by atoms with E-state index in [4.69, 9.17) is 9.26 Å². The molecule has 0 saturated carbocycles. The predicted octanol–water partition coefficient (Wildman–Crippen LogP) is 5.92. The van der Waals surface area contributed by atoms with E-state index in [1.54, 1.807) is 0 Å². The largest absolute Gasteiger partial charge is 0.488 e. The van der Waals surface area contributed by atoms with Crippen molar-refractivity contribution in [3.05, 3.63) is 77.5 Å². The Labute approximate surface area is 184 Å². The number of benzene rings is 3. The molecule has 3 heterocycles. The van der Waals surface area contributed by atoms with Gasteiger partial charge in [0.05, 0.1) is 11.1 Å². The van der Waals surface area contributed by atoms with Gasteiger partial charge in [0, 0.05) is 34.0 Å². The Kier molecular flexibility index (Phi) is 4.08. The molecule has 0 spiro atoms. The molecule has 158 valence electrons. The van der Waals surface area contributed by atoms with E-state index in [-0.39, 0.29) is 18.2 Å². The van der Waals surface area contributed by atoms with Crippen molar-refractivity contribution >= 4 is 33.4 Å². The van der Waals surface area contributed by atoms with E-state index in [1.165, 1.54) is 10.9 Å². The van der Waals surface area contributed by atoms with Gasteiger partial charge in [-0.2, -0.15) is 0 Å². The fourth-order valence-electron chi connectivity index (χ4n) is 4.59. The number of hydrogen-bond acceptors (Lipinski definition) is 4. The number of amides is 1. The molecule has 0 fully saturated rings. The predicted molar refractivity (Wildman–Crippen MR) is 124 cm³/mol. The standard InChI is InChI=1S/C26H21N3O3/c1-3-29-21-7-5-4-6-17(21)18-13-16(9-10-22(18)29)27-26(30)24-20-14-31-23-11-8-15(2)12-19(23)25(20)32-28-24/h4-13H,3,14H2,1-2H3,(H,27,30). The van der Waals surface area contributed by atoms with Gasteiger partial charge in [0.1, 0.15) is 12.4 Å². The van der Waals surface area contributed by atoms with Crippen LogP contribution in [0.15, 0.2) is 65.2 Å². The summed E-state index contributed by atoms with van der Waals surface area (Å²) in [6.45, 7) is 5.27. The van der Waals surface area contributed by atoms with Crippen LogP contribution < -0.4 is 10.1 Å². The molecule has 1 N–H and O–H groups in total. The van der Waals surface area contributed by atoms with Gasteiger partial charge in [0.25, 0.3) is 5.91 Å². The summed E-state index contributed by atoms with van der Waals surface area (Å²) in [6.07, 6.45) is 0. The number of carbonyl (C=O) groups is 1. The first-order valence-corrected chi connectivity index (χ1v) is 10.7. The summed E-state index contributed by atoms with van der Waals surface area (Å²) in [5.41, 5.74) is 5.88. The highest BCUT2D eigenvalue weighted by Crippen LogP contribution is 2.39. The second-order valence-corrected chi connectivity index (χ2v) is 8.07. The Balaban J connectivity index is 1.37. The molecule has 1 aliphatic heterocycles. The second kappa shape index (κ2) is 6.99. The zero-order chi connectivity index (χ0) is 21.8. The molecule has 1 aliphatic rings. The third-order valence-corrected chi connectivity index (χ3v) is 6.10. The maximum atomic E-state index is 13.1. The fourth-order valence-corrected chi connectivity index (χ4v) is 4.59. The molecule has 2 aromatic heterocycles. The molecule has 0 saturated heterocycles. The number of ether oxygens (including phenoxy) is 1. The molecule has 6 rings (SSSR count). The monoisotopic (exact) mass is 423 g/mol. The Bertz CT molecular complexity index is 1530. The van der Waals surface area contributed by atoms with Gasteiger partial charge < -0.3 is 19.1 Å². The Morgan fingerprint density at radius 3 is 2.78 bits per heavy atom. The van der Waals surface area contributed by atoms with E-state index in [9.17, 15) is 4.79 Å². The minimum Gasteiger partial charge on any atom is -0.488 e. The van der Waals surface area contributed by atoms with E-state index in [1.807, 2.05) is 49.4 Å². The van der Waals surface area contributed by atoms with Crippen LogP contribution in [0.25, 0.3) is 33.1 Å². The van der Waals surface area contributed by atoms with E-state index in [0.717, 1.165) is 34.3 Å². The molecule has 5 aromatic rings. The molecule has 6 nitrogen and oxygen atoms in total. The number of rotatable bonds is 3. The number of nitrogens with one attached hydrogen (secondary N) is 1. The number of carbonyl (C=O) groups excluding carboxylic acids is 1. The van der Waals surface area contributed by atoms with Crippen molar-refractivity contribution in [2.75, 3.05) is 5.32 Å². The highest BCUT2D eigenvalue weighted by Gasteiger charge is 2.29. The van der Waals surface area contributed by atoms with Crippen LogP contribution >= 0.6 is 0 Å². The quantitative estimate of drug-likeness (QED) is 0.391. The number of aryl methyl sites for hydroxylation is 2. The van der Waals surface area contributed by atoms with Crippen LogP contribution in [0, 0.1) is 6.92 Å². The Hall–Kier alpha value is -4.06. The van der Waals surface area contributed by atoms with Crippen LogP contribution in [0.4, 0.5) is 5.69 Å². The normalized spacial score (nSPS) is 12.4. The molecule has 0 radical (unpaired) electrons. The first-order chi connectivity index (χ1) is 15.6. The second-order valence-electron chi connectivity index (χ2n) is 8.07. The van der Waals surface area contributed by atoms with Crippen molar-refractivity contribution in [3.8, 4) is 17.1 Å². The van der Waals surface area contributed by atoms with E-state index < -0.39 is 0 Å². The minimum absolute atomic E-state index is 0.251. The van der Waals surface area contributed by atoms with Crippen LogP contribution in [0.3, 0.4) is 0 Å². The van der Waals surface area contributed by atoms with Crippen molar-refractivity contribution in [2.45, 2.75) is 27.0 Å². The van der Waals surface area contributed by atoms with Crippen molar-refractivity contribution in [2.24, 2.45) is 0 Å². The Morgan fingerprint density at radius 2 is 1.91 bits per heavy atom. The molecule has 0 bridgehead atoms. The summed E-state index contributed by atoms with van der Waals surface area (Å²) in [5.74, 6) is 1.03. The van der Waals surface area contributed by atoms with Crippen LogP contribution in [-0.2, 0) is 13.2 Å². The summed E-state index contributed by atoms with van der Waals surface area (Å²) in [5, 5.41) is 9.34. The topological polar surface area (TPSA) is 69.3 Å². The molecule has 1 amide bonds. The van der Waals surface area contributed by atoms with Gasteiger partial charge >= 0.3 is 0 Å². The van der Waals surface area contributed by atoms with Gasteiger partial charge in [-0.15, -0.1) is 0 Å². The number of aromatic nitrogens is 2. The number of hydrogen-bond donors (Lipinski definition) is 1. The molecular weight excluding hydrogens is 402 g/mol. The number of para-hydroxylation sites is 1. The number of anilines is 1. The molecule has 0 unspecified atom stereocenters. The summed E-state index contributed by atoms with van der Waals surface area (Å²) < 4.78 is 13.7. The average molecular weight is 423 g/mol. The van der Waals surface area contributed by atoms with Crippen LogP contribution in [0.5, 0.6) is 5.75 Å². The molecule has 0 atom stereocenters. The zero-order valence-corrected chi connectivity index (χ0v) is 17.8. The third-order valence-electron chi connectivity index (χ3n) is 6.10. The van der Waals surface area contributed by atoms with Gasteiger partial charge in [-0.3, -0.25) is 4.79 Å². The van der Waals surface area contributed by atoms with Crippen LogP contribution in [0.1, 0.15) is 28.5 Å². The lowest BCUT2D eigenvalue weighted by Crippen LogP contribution is -2.16. The molecule has 3 aromatic carbocycles. The maximum absolute atomic E-state index is 13.1. The van der Waals surface area contributed by atoms with Gasteiger partial charge in [0.15, 0.2) is 11.5 Å². The first kappa shape index (κ1) is 18.7. The zero-order valence-electron chi connectivity index (χ0n) is 17.8. The number of nitrogens with zero attached hydrogens (tertiary/aromatic N) is 2. The lowest BCUT2D eigenvalue weighted by atomic mass is 10.0. The van der Waals surface area contributed by atoms with Crippen molar-refractivity contribution < 1.29 is 14.1 Å². The van der Waals surface area contributed by atoms with E-state index in [2.05, 4.69) is 40.2 Å². The fraction of sp³-hybridized carbons (Fsp3) is 0.154. The lowest BCUT2D eigenvalue weighted by Gasteiger charge is -2.16. The van der Waals surface area contributed by atoms with Crippen molar-refractivity contribution in [1.82, 2.24) is 9.72 Å². The number of fused-ring (bicyclic) bond motifs is 6. The first-order valence-electron chi connectivity index (χ1n) is 10.7. The lowest BCUT2D eigenvalue weighted by molar-refractivity contribution is 0.101. The molecule has 32 heavy (non-hydrogen) atoms. The van der Waals surface area contributed by atoms with Gasteiger partial charge in [-0.05, 0) is 50.2 Å². The van der Waals surface area contributed by atoms with Gasteiger partial charge in [-0.25, -0.2) is 0 Å². The van der Waals surface area contributed by atoms with Crippen molar-refractivity contribution in [3.63, 3.8) is 0 Å². The molecular formula is C26H21N3O3.